The summed E-state index contributed by atoms with van der Waals surface area (Å²) in [6.45, 7) is 9.11. The van der Waals surface area contributed by atoms with Crippen molar-refractivity contribution in [3.8, 4) is 0 Å². The summed E-state index contributed by atoms with van der Waals surface area (Å²) in [6, 6.07) is 0. The number of nitrogens with zero attached hydrogens (tertiary/aromatic N) is 2. The molecule has 3 heterocycles. The van der Waals surface area contributed by atoms with Gasteiger partial charge < -0.3 is 11.5 Å². The average molecular weight is 172 g/mol. The van der Waals surface area contributed by atoms with E-state index < -0.39 is 0 Å². The molecule has 0 radical (unpaired) electrons. The average Bonchev–Trinajstić information content (AvgIpc) is 2.21. The molecule has 0 atom stereocenters. The van der Waals surface area contributed by atoms with Crippen LogP contribution in [0, 0.1) is 0 Å². The van der Waals surface area contributed by atoms with Crippen LogP contribution in [-0.4, -0.2) is 62.2 Å². The summed E-state index contributed by atoms with van der Waals surface area (Å²) in [5.41, 5.74) is 9.81. The second kappa shape index (κ2) is 5.48. The van der Waals surface area contributed by atoms with E-state index in [0.29, 0.717) is 13.1 Å². The molecular formula is C8H20N4. The van der Waals surface area contributed by atoms with Crippen molar-refractivity contribution in [2.24, 2.45) is 11.5 Å². The molecule has 3 fully saturated rings. The second-order valence-corrected chi connectivity index (χ2v) is 3.26. The zero-order chi connectivity index (χ0) is 8.81. The van der Waals surface area contributed by atoms with Crippen molar-refractivity contribution >= 4 is 0 Å². The Kier molecular flexibility index (Phi) is 4.53. The molecule has 0 spiro atoms. The van der Waals surface area contributed by atoms with Gasteiger partial charge in [-0.25, -0.2) is 0 Å². The lowest BCUT2D eigenvalue weighted by molar-refractivity contribution is 0.0647. The quantitative estimate of drug-likeness (QED) is 0.506. The molecular weight excluding hydrogens is 152 g/mol. The molecule has 2 bridgehead atoms. The molecule has 4 nitrogen and oxygen atoms in total. The van der Waals surface area contributed by atoms with Crippen LogP contribution < -0.4 is 11.5 Å². The number of hydrogen-bond acceptors (Lipinski definition) is 4. The smallest absolute Gasteiger partial charge is 0.0110 e. The van der Waals surface area contributed by atoms with Gasteiger partial charge in [0.15, 0.2) is 0 Å². The number of piperazine rings is 3. The summed E-state index contributed by atoms with van der Waals surface area (Å²) in [4.78, 5) is 5.08. The summed E-state index contributed by atoms with van der Waals surface area (Å²) >= 11 is 0. The van der Waals surface area contributed by atoms with Gasteiger partial charge in [0.1, 0.15) is 0 Å². The molecule has 0 saturated carbocycles. The minimum atomic E-state index is 0.597. The zero-order valence-corrected chi connectivity index (χ0v) is 7.71. The van der Waals surface area contributed by atoms with Crippen molar-refractivity contribution in [3.05, 3.63) is 0 Å². The molecule has 3 aliphatic rings. The monoisotopic (exact) mass is 172 g/mol. The van der Waals surface area contributed by atoms with E-state index in [-0.39, 0.29) is 0 Å². The SMILES string of the molecule is C1CN2CCN1CC2.NCCN. The van der Waals surface area contributed by atoms with Crippen LogP contribution in [0.5, 0.6) is 0 Å². The summed E-state index contributed by atoms with van der Waals surface area (Å²) in [5.74, 6) is 0. The second-order valence-electron chi connectivity index (χ2n) is 3.26. The van der Waals surface area contributed by atoms with Gasteiger partial charge in [0.2, 0.25) is 0 Å². The minimum absolute atomic E-state index is 0.597. The van der Waals surface area contributed by atoms with E-state index in [1.54, 1.807) is 0 Å². The van der Waals surface area contributed by atoms with Crippen LogP contribution in [0.1, 0.15) is 0 Å². The number of rotatable bonds is 1. The van der Waals surface area contributed by atoms with Crippen molar-refractivity contribution in [3.63, 3.8) is 0 Å². The van der Waals surface area contributed by atoms with Crippen molar-refractivity contribution in [1.29, 1.82) is 0 Å². The first kappa shape index (κ1) is 9.92. The predicted molar refractivity (Wildman–Crippen MR) is 51.0 cm³/mol. The van der Waals surface area contributed by atoms with Crippen LogP contribution in [0.15, 0.2) is 0 Å². The molecule has 0 aromatic rings. The highest BCUT2D eigenvalue weighted by molar-refractivity contribution is 4.78. The molecule has 4 N–H and O–H groups in total. The molecule has 3 saturated heterocycles. The Morgan fingerprint density at radius 2 is 0.917 bits per heavy atom. The molecule has 4 heteroatoms. The Morgan fingerprint density at radius 3 is 1.00 bits per heavy atom. The maximum Gasteiger partial charge on any atom is 0.0110 e. The van der Waals surface area contributed by atoms with Gasteiger partial charge in [-0.15, -0.1) is 0 Å². The fourth-order valence-electron chi connectivity index (χ4n) is 1.52. The third-order valence-corrected chi connectivity index (χ3v) is 2.36. The Hall–Kier alpha value is -0.160. The van der Waals surface area contributed by atoms with Crippen LogP contribution in [0.2, 0.25) is 0 Å². The number of hydrogen-bond donors (Lipinski definition) is 2. The third-order valence-electron chi connectivity index (χ3n) is 2.36. The maximum atomic E-state index is 4.90. The Labute approximate surface area is 74.5 Å². The fourth-order valence-corrected chi connectivity index (χ4v) is 1.52. The van der Waals surface area contributed by atoms with Crippen molar-refractivity contribution in [2.75, 3.05) is 52.4 Å². The predicted octanol–water partition coefficient (Wildman–Crippen LogP) is -1.48. The van der Waals surface area contributed by atoms with Gasteiger partial charge in [-0.1, -0.05) is 0 Å². The van der Waals surface area contributed by atoms with Crippen molar-refractivity contribution in [1.82, 2.24) is 9.80 Å². The lowest BCUT2D eigenvalue weighted by Gasteiger charge is -2.41. The van der Waals surface area contributed by atoms with E-state index >= 15 is 0 Å². The lowest BCUT2D eigenvalue weighted by Crippen LogP contribution is -2.55. The van der Waals surface area contributed by atoms with E-state index in [2.05, 4.69) is 9.80 Å². The summed E-state index contributed by atoms with van der Waals surface area (Å²) in [5, 5.41) is 0. The van der Waals surface area contributed by atoms with Gasteiger partial charge in [0, 0.05) is 52.4 Å². The molecule has 3 rings (SSSR count). The highest BCUT2D eigenvalue weighted by atomic mass is 15.3. The topological polar surface area (TPSA) is 58.5 Å². The Bertz CT molecular complexity index is 84.6. The largest absolute Gasteiger partial charge is 0.329 e. The Morgan fingerprint density at radius 1 is 0.667 bits per heavy atom. The molecule has 3 aliphatic heterocycles. The van der Waals surface area contributed by atoms with Gasteiger partial charge in [-0.05, 0) is 0 Å². The first-order valence-electron chi connectivity index (χ1n) is 4.71. The van der Waals surface area contributed by atoms with Gasteiger partial charge >= 0.3 is 0 Å². The van der Waals surface area contributed by atoms with Crippen molar-refractivity contribution in [2.45, 2.75) is 0 Å². The Balaban J connectivity index is 0.000000157. The summed E-state index contributed by atoms with van der Waals surface area (Å²) < 4.78 is 0. The van der Waals surface area contributed by atoms with E-state index in [4.69, 9.17) is 11.5 Å². The number of fused-ring (bicyclic) bond motifs is 3. The van der Waals surface area contributed by atoms with E-state index in [0.717, 1.165) is 0 Å². The van der Waals surface area contributed by atoms with Crippen LogP contribution in [0.25, 0.3) is 0 Å². The van der Waals surface area contributed by atoms with E-state index in [1.807, 2.05) is 0 Å². The van der Waals surface area contributed by atoms with Gasteiger partial charge in [0.05, 0.1) is 0 Å². The molecule has 0 aromatic heterocycles. The van der Waals surface area contributed by atoms with Gasteiger partial charge in [-0.2, -0.15) is 0 Å². The highest BCUT2D eigenvalue weighted by Crippen LogP contribution is 2.06. The van der Waals surface area contributed by atoms with E-state index in [1.165, 1.54) is 39.3 Å². The molecule has 72 valence electrons. The highest BCUT2D eigenvalue weighted by Gasteiger charge is 2.21. The first-order chi connectivity index (χ1) is 5.86. The molecule has 0 amide bonds. The lowest BCUT2D eigenvalue weighted by atomic mass is 10.2. The van der Waals surface area contributed by atoms with Crippen LogP contribution >= 0.6 is 0 Å². The zero-order valence-electron chi connectivity index (χ0n) is 7.71. The molecule has 0 aromatic carbocycles. The van der Waals surface area contributed by atoms with Crippen molar-refractivity contribution < 1.29 is 0 Å². The molecule has 0 unspecified atom stereocenters. The van der Waals surface area contributed by atoms with Gasteiger partial charge in [-0.3, -0.25) is 9.80 Å². The maximum absolute atomic E-state index is 4.90. The van der Waals surface area contributed by atoms with Crippen LogP contribution in [0.3, 0.4) is 0 Å². The number of nitrogens with two attached hydrogens (primary N) is 2. The van der Waals surface area contributed by atoms with Crippen LogP contribution in [0.4, 0.5) is 0 Å². The third kappa shape index (κ3) is 3.06. The standard InChI is InChI=1S/C6H12N2.C2H8N2/c1-2-8-5-3-7(1)4-6-8;3-1-2-4/h1-6H2;1-4H2. The summed E-state index contributed by atoms with van der Waals surface area (Å²) in [7, 11) is 0. The first-order valence-corrected chi connectivity index (χ1v) is 4.71. The summed E-state index contributed by atoms with van der Waals surface area (Å²) in [6.07, 6.45) is 0. The minimum Gasteiger partial charge on any atom is -0.329 e. The van der Waals surface area contributed by atoms with E-state index in [9.17, 15) is 0 Å². The van der Waals surface area contributed by atoms with Gasteiger partial charge in [0.25, 0.3) is 0 Å². The fraction of sp³-hybridized carbons (Fsp3) is 1.00. The normalized spacial score (nSPS) is 32.5. The molecule has 12 heavy (non-hydrogen) atoms. The van der Waals surface area contributed by atoms with Crippen LogP contribution in [-0.2, 0) is 0 Å². The molecule has 0 aliphatic carbocycles.